The summed E-state index contributed by atoms with van der Waals surface area (Å²) in [6.07, 6.45) is 0. The minimum Gasteiger partial charge on any atom is -0.344 e. The number of rotatable bonds is 2. The molecule has 0 spiro atoms. The van der Waals surface area contributed by atoms with Crippen molar-refractivity contribution in [2.75, 3.05) is 25.1 Å². The van der Waals surface area contributed by atoms with E-state index in [-0.39, 0.29) is 12.5 Å². The van der Waals surface area contributed by atoms with Gasteiger partial charge in [-0.2, -0.15) is 0 Å². The second kappa shape index (κ2) is 5.85. The van der Waals surface area contributed by atoms with Gasteiger partial charge in [0.2, 0.25) is 5.91 Å². The molecule has 2 aromatic carbocycles. The third kappa shape index (κ3) is 2.62. The average molecular weight is 322 g/mol. The Morgan fingerprint density at radius 2 is 1.83 bits per heavy atom. The summed E-state index contributed by atoms with van der Waals surface area (Å²) in [5.41, 5.74) is 4.33. The predicted octanol–water partition coefficient (Wildman–Crippen LogP) is 2.70. The molecule has 0 atom stereocenters. The summed E-state index contributed by atoms with van der Waals surface area (Å²) in [5, 5.41) is 2.92. The minimum atomic E-state index is -0.757. The highest BCUT2D eigenvalue weighted by molar-refractivity contribution is 6.19. The van der Waals surface area contributed by atoms with E-state index in [2.05, 4.69) is 10.3 Å². The Kier molecular flexibility index (Phi) is 3.67. The van der Waals surface area contributed by atoms with Crippen LogP contribution in [0, 0.1) is 0 Å². The Bertz CT molecular complexity index is 809. The van der Waals surface area contributed by atoms with Crippen molar-refractivity contribution < 1.29 is 14.3 Å². The zero-order valence-electron chi connectivity index (χ0n) is 13.4. The maximum Gasteiger partial charge on any atom is 0.246 e. The Morgan fingerprint density at radius 1 is 1.08 bits per heavy atom. The largest absolute Gasteiger partial charge is 0.344 e. The molecule has 0 radical (unpaired) electrons. The average Bonchev–Trinajstić information content (AvgIpc) is 2.97. The number of carbonyl (C=O) groups excluding carboxylic acids is 1. The highest BCUT2D eigenvalue weighted by Gasteiger charge is 2.34. The molecule has 0 aromatic heterocycles. The molecule has 1 amide bonds. The fraction of sp³-hybridized carbons (Fsp3) is 0.263. The van der Waals surface area contributed by atoms with Crippen LogP contribution in [0.2, 0.25) is 0 Å². The lowest BCUT2D eigenvalue weighted by molar-refractivity contribution is -0.149. The van der Waals surface area contributed by atoms with Gasteiger partial charge in [-0.3, -0.25) is 9.79 Å². The molecule has 4 rings (SSSR count). The molecule has 1 N–H and O–H groups in total. The van der Waals surface area contributed by atoms with Gasteiger partial charge in [0.25, 0.3) is 0 Å². The van der Waals surface area contributed by atoms with Gasteiger partial charge >= 0.3 is 0 Å². The second-order valence-corrected chi connectivity index (χ2v) is 5.98. The first kappa shape index (κ1) is 15.1. The fourth-order valence-corrected chi connectivity index (χ4v) is 3.08. The number of benzodiazepines with no additional fused rings is 1. The molecule has 5 heteroatoms. The number of anilines is 1. The first-order chi connectivity index (χ1) is 11.7. The van der Waals surface area contributed by atoms with Crippen LogP contribution >= 0.6 is 0 Å². The SMILES string of the molecule is CC1(c2ccc3c(c2)C(c2ccccc2)=NCC(=O)N3)OCCO1. The summed E-state index contributed by atoms with van der Waals surface area (Å²) >= 11 is 0. The van der Waals surface area contributed by atoms with E-state index >= 15 is 0 Å². The lowest BCUT2D eigenvalue weighted by Crippen LogP contribution is -2.23. The molecule has 1 fully saturated rings. The van der Waals surface area contributed by atoms with Gasteiger partial charge in [-0.1, -0.05) is 36.4 Å². The topological polar surface area (TPSA) is 59.9 Å². The van der Waals surface area contributed by atoms with Crippen LogP contribution in [0.5, 0.6) is 0 Å². The molecule has 1 saturated heterocycles. The first-order valence-corrected chi connectivity index (χ1v) is 7.98. The van der Waals surface area contributed by atoms with Crippen LogP contribution < -0.4 is 5.32 Å². The van der Waals surface area contributed by atoms with Crippen LogP contribution in [0.25, 0.3) is 0 Å². The highest BCUT2D eigenvalue weighted by atomic mass is 16.7. The van der Waals surface area contributed by atoms with E-state index in [0.717, 1.165) is 28.1 Å². The van der Waals surface area contributed by atoms with Crippen molar-refractivity contribution in [1.82, 2.24) is 0 Å². The summed E-state index contributed by atoms with van der Waals surface area (Å²) < 4.78 is 11.5. The lowest BCUT2D eigenvalue weighted by atomic mass is 9.96. The molecular formula is C19H18N2O3. The number of carbonyl (C=O) groups is 1. The fourth-order valence-electron chi connectivity index (χ4n) is 3.08. The van der Waals surface area contributed by atoms with Crippen molar-refractivity contribution in [3.05, 3.63) is 65.2 Å². The predicted molar refractivity (Wildman–Crippen MR) is 91.3 cm³/mol. The van der Waals surface area contributed by atoms with Gasteiger partial charge in [-0.25, -0.2) is 0 Å². The minimum absolute atomic E-state index is 0.110. The Morgan fingerprint density at radius 3 is 2.58 bits per heavy atom. The molecule has 2 aromatic rings. The molecule has 2 heterocycles. The van der Waals surface area contributed by atoms with Crippen LogP contribution in [0.4, 0.5) is 5.69 Å². The Hall–Kier alpha value is -2.50. The smallest absolute Gasteiger partial charge is 0.246 e. The third-order valence-electron chi connectivity index (χ3n) is 4.34. The second-order valence-electron chi connectivity index (χ2n) is 5.98. The van der Waals surface area contributed by atoms with Gasteiger partial charge in [-0.05, 0) is 19.1 Å². The van der Waals surface area contributed by atoms with Crippen molar-refractivity contribution in [2.24, 2.45) is 4.99 Å². The van der Waals surface area contributed by atoms with Crippen LogP contribution in [0.15, 0.2) is 53.5 Å². The number of benzene rings is 2. The molecule has 0 saturated carbocycles. The normalized spacial score (nSPS) is 19.2. The zero-order chi connectivity index (χ0) is 16.6. The monoisotopic (exact) mass is 322 g/mol. The lowest BCUT2D eigenvalue weighted by Gasteiger charge is -2.24. The van der Waals surface area contributed by atoms with Gasteiger partial charge in [0.05, 0.1) is 24.6 Å². The molecule has 0 bridgehead atoms. The molecule has 2 aliphatic rings. The maximum atomic E-state index is 12.0. The van der Waals surface area contributed by atoms with Gasteiger partial charge in [0.1, 0.15) is 6.54 Å². The summed E-state index contributed by atoms with van der Waals surface area (Å²) in [7, 11) is 0. The molecule has 0 aliphatic carbocycles. The molecule has 5 nitrogen and oxygen atoms in total. The number of fused-ring (bicyclic) bond motifs is 1. The number of ether oxygens (including phenoxy) is 2. The van der Waals surface area contributed by atoms with Crippen molar-refractivity contribution in [3.63, 3.8) is 0 Å². The van der Waals surface area contributed by atoms with E-state index in [1.165, 1.54) is 0 Å². The van der Waals surface area contributed by atoms with Crippen LogP contribution in [0.3, 0.4) is 0 Å². The number of nitrogens with zero attached hydrogens (tertiary/aromatic N) is 1. The molecule has 0 unspecified atom stereocenters. The standard InChI is InChI=1S/C19H18N2O3/c1-19(23-9-10-24-19)14-7-8-16-15(11-14)18(20-12-17(22)21-16)13-5-3-2-4-6-13/h2-8,11H,9-10,12H2,1H3,(H,21,22). The zero-order valence-corrected chi connectivity index (χ0v) is 13.4. The number of hydrogen-bond donors (Lipinski definition) is 1. The van der Waals surface area contributed by atoms with Crippen LogP contribution in [0.1, 0.15) is 23.6 Å². The Balaban J connectivity index is 1.85. The van der Waals surface area contributed by atoms with Crippen molar-refractivity contribution in [3.8, 4) is 0 Å². The molecular weight excluding hydrogens is 304 g/mol. The van der Waals surface area contributed by atoms with E-state index in [0.29, 0.717) is 13.2 Å². The van der Waals surface area contributed by atoms with Crippen molar-refractivity contribution in [2.45, 2.75) is 12.7 Å². The Labute approximate surface area is 140 Å². The van der Waals surface area contributed by atoms with Crippen molar-refractivity contribution in [1.29, 1.82) is 0 Å². The van der Waals surface area contributed by atoms with Crippen LogP contribution in [-0.2, 0) is 20.1 Å². The highest BCUT2D eigenvalue weighted by Crippen LogP contribution is 2.34. The van der Waals surface area contributed by atoms with Gasteiger partial charge in [-0.15, -0.1) is 0 Å². The van der Waals surface area contributed by atoms with E-state index in [9.17, 15) is 4.79 Å². The number of aliphatic imine (C=N–C) groups is 1. The third-order valence-corrected chi connectivity index (χ3v) is 4.34. The van der Waals surface area contributed by atoms with Gasteiger partial charge in [0, 0.05) is 16.7 Å². The van der Waals surface area contributed by atoms with Gasteiger partial charge < -0.3 is 14.8 Å². The maximum absolute atomic E-state index is 12.0. The summed E-state index contributed by atoms with van der Waals surface area (Å²) in [6, 6.07) is 15.7. The van der Waals surface area contributed by atoms with Gasteiger partial charge in [0.15, 0.2) is 5.79 Å². The molecule has 122 valence electrons. The summed E-state index contributed by atoms with van der Waals surface area (Å²) in [4.78, 5) is 16.5. The number of amides is 1. The summed E-state index contributed by atoms with van der Waals surface area (Å²) in [5.74, 6) is -0.873. The molecule has 2 aliphatic heterocycles. The van der Waals surface area contributed by atoms with Crippen LogP contribution in [-0.4, -0.2) is 31.4 Å². The van der Waals surface area contributed by atoms with Crippen molar-refractivity contribution >= 4 is 17.3 Å². The number of hydrogen-bond acceptors (Lipinski definition) is 4. The van der Waals surface area contributed by atoms with E-state index in [1.807, 2.05) is 55.5 Å². The van der Waals surface area contributed by atoms with E-state index < -0.39 is 5.79 Å². The van der Waals surface area contributed by atoms with E-state index in [1.54, 1.807) is 0 Å². The van der Waals surface area contributed by atoms with E-state index in [4.69, 9.17) is 9.47 Å². The number of nitrogens with one attached hydrogen (secondary N) is 1. The quantitative estimate of drug-likeness (QED) is 0.925. The summed E-state index contributed by atoms with van der Waals surface area (Å²) in [6.45, 7) is 3.17. The molecule has 24 heavy (non-hydrogen) atoms. The first-order valence-electron chi connectivity index (χ1n) is 7.98.